The fraction of sp³-hybridized carbons (Fsp3) is 0.286. The highest BCUT2D eigenvalue weighted by molar-refractivity contribution is 5.91. The topological polar surface area (TPSA) is 141 Å². The van der Waals surface area contributed by atoms with Crippen molar-refractivity contribution in [2.75, 3.05) is 13.7 Å². The van der Waals surface area contributed by atoms with Crippen LogP contribution in [0.2, 0.25) is 0 Å². The van der Waals surface area contributed by atoms with Gasteiger partial charge in [0.25, 0.3) is 0 Å². The molecule has 0 spiro atoms. The SMILES string of the molecule is COC(=O)/C=C/CC[C@@H]1O[C@@H](COC(C)=O)[C@@H](OC(=O)c2ccccc2)[C@H](OC(=O)c2ccccc2)[C@H]1OC(=O)c1ccccc1. The molecule has 0 radical (unpaired) electrons. The summed E-state index contributed by atoms with van der Waals surface area (Å²) >= 11 is 0. The Balaban J connectivity index is 1.75. The number of methoxy groups -OCH3 is 1. The van der Waals surface area contributed by atoms with E-state index in [2.05, 4.69) is 4.74 Å². The van der Waals surface area contributed by atoms with Crippen molar-refractivity contribution in [1.29, 1.82) is 0 Å². The molecule has 0 N–H and O–H groups in total. The molecule has 0 aromatic heterocycles. The van der Waals surface area contributed by atoms with E-state index >= 15 is 0 Å². The lowest BCUT2D eigenvalue weighted by atomic mass is 9.91. The van der Waals surface area contributed by atoms with Gasteiger partial charge in [0.2, 0.25) is 0 Å². The molecule has 1 aliphatic heterocycles. The summed E-state index contributed by atoms with van der Waals surface area (Å²) in [5.74, 6) is -3.46. The van der Waals surface area contributed by atoms with Crippen molar-refractivity contribution >= 4 is 29.8 Å². The van der Waals surface area contributed by atoms with Crippen LogP contribution in [0.1, 0.15) is 50.8 Å². The number of hydrogen-bond acceptors (Lipinski definition) is 11. The van der Waals surface area contributed by atoms with Gasteiger partial charge in [-0.15, -0.1) is 0 Å². The third kappa shape index (κ3) is 9.35. The first-order valence-electron chi connectivity index (χ1n) is 14.6. The molecule has 0 aliphatic carbocycles. The zero-order chi connectivity index (χ0) is 32.9. The van der Waals surface area contributed by atoms with Gasteiger partial charge in [0.1, 0.15) is 12.7 Å². The Kier molecular flexibility index (Phi) is 12.2. The molecule has 1 aliphatic rings. The fourth-order valence-corrected chi connectivity index (χ4v) is 4.78. The molecular weight excluding hydrogens is 596 g/mol. The van der Waals surface area contributed by atoms with Gasteiger partial charge >= 0.3 is 29.8 Å². The lowest BCUT2D eigenvalue weighted by Gasteiger charge is -2.44. The average Bonchev–Trinajstić information content (AvgIpc) is 3.08. The predicted molar refractivity (Wildman–Crippen MR) is 163 cm³/mol. The number of carbonyl (C=O) groups excluding carboxylic acids is 5. The molecule has 1 heterocycles. The van der Waals surface area contributed by atoms with E-state index in [1.165, 1.54) is 20.1 Å². The normalized spacial score (nSPS) is 20.7. The molecule has 5 atom stereocenters. The van der Waals surface area contributed by atoms with Crippen LogP contribution in [-0.4, -0.2) is 74.1 Å². The Morgan fingerprint density at radius 1 is 0.652 bits per heavy atom. The molecule has 1 saturated heterocycles. The molecule has 3 aromatic rings. The minimum Gasteiger partial charge on any atom is -0.466 e. The van der Waals surface area contributed by atoms with Crippen molar-refractivity contribution in [2.45, 2.75) is 50.3 Å². The van der Waals surface area contributed by atoms with Gasteiger partial charge in [-0.05, 0) is 49.2 Å². The highest BCUT2D eigenvalue weighted by Crippen LogP contribution is 2.33. The van der Waals surface area contributed by atoms with Crippen LogP contribution in [0.4, 0.5) is 0 Å². The molecule has 0 bridgehead atoms. The third-order valence-electron chi connectivity index (χ3n) is 7.01. The first-order chi connectivity index (χ1) is 22.3. The summed E-state index contributed by atoms with van der Waals surface area (Å²) in [5.41, 5.74) is 0.624. The summed E-state index contributed by atoms with van der Waals surface area (Å²) < 4.78 is 34.1. The van der Waals surface area contributed by atoms with Crippen LogP contribution in [0.5, 0.6) is 0 Å². The van der Waals surface area contributed by atoms with Crippen molar-refractivity contribution in [3.8, 4) is 0 Å². The largest absolute Gasteiger partial charge is 0.466 e. The van der Waals surface area contributed by atoms with Gasteiger partial charge in [0.15, 0.2) is 18.3 Å². The zero-order valence-corrected chi connectivity index (χ0v) is 25.3. The second-order valence-electron chi connectivity index (χ2n) is 10.2. The molecule has 0 saturated carbocycles. The van der Waals surface area contributed by atoms with Crippen molar-refractivity contribution in [3.63, 3.8) is 0 Å². The van der Waals surface area contributed by atoms with Gasteiger partial charge in [-0.25, -0.2) is 19.2 Å². The van der Waals surface area contributed by atoms with E-state index in [1.807, 2.05) is 0 Å². The average molecular weight is 631 g/mol. The standard InChI is InChI=1S/C35H34O11/c1-23(36)42-22-28-31(45-34(39)25-16-8-4-9-17-25)32(46-35(40)26-18-10-5-11-19-26)30(44-33(38)24-14-6-3-7-15-24)27(43-28)20-12-13-21-29(37)41-2/h3-11,13-19,21,27-28,30-32H,12,20,22H2,1-2H3/b21-13+/t27-,28-,30-,31+,32+/m0/s1. The van der Waals surface area contributed by atoms with E-state index in [0.29, 0.717) is 0 Å². The Morgan fingerprint density at radius 2 is 1.09 bits per heavy atom. The van der Waals surface area contributed by atoms with E-state index in [4.69, 9.17) is 23.7 Å². The summed E-state index contributed by atoms with van der Waals surface area (Å²) in [5, 5.41) is 0. The van der Waals surface area contributed by atoms with Crippen LogP contribution in [0.3, 0.4) is 0 Å². The molecule has 240 valence electrons. The van der Waals surface area contributed by atoms with Gasteiger partial charge in [0, 0.05) is 13.0 Å². The second-order valence-corrected chi connectivity index (χ2v) is 10.2. The molecule has 3 aromatic carbocycles. The summed E-state index contributed by atoms with van der Waals surface area (Å²) in [7, 11) is 1.25. The third-order valence-corrected chi connectivity index (χ3v) is 7.01. The monoisotopic (exact) mass is 630 g/mol. The fourth-order valence-electron chi connectivity index (χ4n) is 4.78. The maximum Gasteiger partial charge on any atom is 0.338 e. The van der Waals surface area contributed by atoms with Crippen LogP contribution in [-0.2, 0) is 38.0 Å². The number of ether oxygens (including phenoxy) is 6. The number of rotatable bonds is 12. The number of esters is 5. The minimum atomic E-state index is -1.41. The summed E-state index contributed by atoms with van der Waals surface area (Å²) in [6.45, 7) is 0.843. The lowest BCUT2D eigenvalue weighted by molar-refractivity contribution is -0.232. The van der Waals surface area contributed by atoms with E-state index in [-0.39, 0.29) is 36.1 Å². The molecule has 11 nitrogen and oxygen atoms in total. The number of carbonyl (C=O) groups is 5. The van der Waals surface area contributed by atoms with Crippen LogP contribution in [0, 0.1) is 0 Å². The number of benzene rings is 3. The van der Waals surface area contributed by atoms with Crippen LogP contribution in [0.25, 0.3) is 0 Å². The number of hydrogen-bond donors (Lipinski definition) is 0. The van der Waals surface area contributed by atoms with Gasteiger partial charge in [-0.1, -0.05) is 60.7 Å². The summed E-state index contributed by atoms with van der Waals surface area (Å²) in [4.78, 5) is 63.7. The Labute approximate surface area is 266 Å². The van der Waals surface area contributed by atoms with Gasteiger partial charge < -0.3 is 28.4 Å². The summed E-state index contributed by atoms with van der Waals surface area (Å²) in [6, 6.07) is 24.4. The molecule has 0 amide bonds. The smallest absolute Gasteiger partial charge is 0.338 e. The first kappa shape index (κ1) is 33.6. The highest BCUT2D eigenvalue weighted by atomic mass is 16.7. The Hall–Kier alpha value is -5.29. The van der Waals surface area contributed by atoms with E-state index < -0.39 is 60.4 Å². The van der Waals surface area contributed by atoms with E-state index in [1.54, 1.807) is 97.1 Å². The van der Waals surface area contributed by atoms with Gasteiger partial charge in [-0.2, -0.15) is 0 Å². The second kappa shape index (κ2) is 16.7. The maximum absolute atomic E-state index is 13.5. The van der Waals surface area contributed by atoms with Crippen molar-refractivity contribution in [1.82, 2.24) is 0 Å². The van der Waals surface area contributed by atoms with Gasteiger partial charge in [0.05, 0.1) is 29.9 Å². The Bertz CT molecular complexity index is 1510. The van der Waals surface area contributed by atoms with Gasteiger partial charge in [-0.3, -0.25) is 4.79 Å². The van der Waals surface area contributed by atoms with Crippen LogP contribution >= 0.6 is 0 Å². The van der Waals surface area contributed by atoms with Crippen molar-refractivity contribution < 1.29 is 52.4 Å². The molecule has 4 rings (SSSR count). The van der Waals surface area contributed by atoms with E-state index in [9.17, 15) is 24.0 Å². The lowest BCUT2D eigenvalue weighted by Crippen LogP contribution is -2.62. The van der Waals surface area contributed by atoms with E-state index in [0.717, 1.165) is 0 Å². The maximum atomic E-state index is 13.5. The predicted octanol–water partition coefficient (Wildman–Crippen LogP) is 4.50. The quantitative estimate of drug-likeness (QED) is 0.159. The van der Waals surface area contributed by atoms with Crippen LogP contribution in [0.15, 0.2) is 103 Å². The van der Waals surface area contributed by atoms with Crippen molar-refractivity contribution in [2.24, 2.45) is 0 Å². The molecule has 1 fully saturated rings. The molecular formula is C35H34O11. The molecule has 46 heavy (non-hydrogen) atoms. The first-order valence-corrected chi connectivity index (χ1v) is 14.6. The number of allylic oxidation sites excluding steroid dienone is 1. The summed E-state index contributed by atoms with van der Waals surface area (Å²) in [6.07, 6.45) is -2.97. The molecule has 11 heteroatoms. The highest BCUT2D eigenvalue weighted by Gasteiger charge is 2.52. The Morgan fingerprint density at radius 3 is 1.52 bits per heavy atom. The minimum absolute atomic E-state index is 0.162. The zero-order valence-electron chi connectivity index (χ0n) is 25.3. The van der Waals surface area contributed by atoms with Crippen LogP contribution < -0.4 is 0 Å². The van der Waals surface area contributed by atoms with Crippen molar-refractivity contribution in [3.05, 3.63) is 120 Å². The molecule has 0 unspecified atom stereocenters.